The molecular weight excluding hydrogens is 298 g/mol. The molecule has 2 nitrogen and oxygen atoms in total. The molecule has 0 unspecified atom stereocenters. The molecule has 1 amide bonds. The Hall–Kier alpha value is -1.39. The van der Waals surface area contributed by atoms with E-state index in [1.54, 1.807) is 23.5 Å². The number of hydrogen-bond donors (Lipinski definition) is 1. The second kappa shape index (κ2) is 7.57. The number of carbonyl (C=O) groups excluding carboxylic acids is 1. The summed E-state index contributed by atoms with van der Waals surface area (Å²) >= 11 is 3.48. The largest absolute Gasteiger partial charge is 0.322 e. The monoisotopic (exact) mass is 317 g/mol. The highest BCUT2D eigenvalue weighted by molar-refractivity contribution is 7.99. The summed E-state index contributed by atoms with van der Waals surface area (Å²) in [6.45, 7) is 4.31. The predicted octanol–water partition coefficient (Wildman–Crippen LogP) is 5.16. The zero-order chi connectivity index (χ0) is 15.2. The summed E-state index contributed by atoms with van der Waals surface area (Å²) < 4.78 is 0. The van der Waals surface area contributed by atoms with E-state index in [1.165, 1.54) is 9.79 Å². The number of hydrogen-bond acceptors (Lipinski definition) is 3. The fourth-order valence-electron chi connectivity index (χ4n) is 1.83. The van der Waals surface area contributed by atoms with Crippen molar-refractivity contribution in [2.75, 3.05) is 11.6 Å². The third kappa shape index (κ3) is 4.83. The minimum absolute atomic E-state index is 0.0759. The minimum atomic E-state index is -0.0759. The van der Waals surface area contributed by atoms with Gasteiger partial charge in [0.2, 0.25) is 0 Å². The van der Waals surface area contributed by atoms with Crippen LogP contribution in [0.15, 0.2) is 58.3 Å². The van der Waals surface area contributed by atoms with Gasteiger partial charge in [0.25, 0.3) is 5.91 Å². The van der Waals surface area contributed by atoms with Crippen LogP contribution < -0.4 is 5.32 Å². The normalized spacial score (nSPS) is 10.7. The molecule has 0 spiro atoms. The second-order valence-electron chi connectivity index (χ2n) is 4.87. The van der Waals surface area contributed by atoms with Gasteiger partial charge in [-0.05, 0) is 54.8 Å². The smallest absolute Gasteiger partial charge is 0.255 e. The van der Waals surface area contributed by atoms with E-state index < -0.39 is 0 Å². The van der Waals surface area contributed by atoms with E-state index in [9.17, 15) is 4.79 Å². The predicted molar refractivity (Wildman–Crippen MR) is 93.6 cm³/mol. The summed E-state index contributed by atoms with van der Waals surface area (Å²) in [7, 11) is 0. The number of rotatable bonds is 5. The molecule has 21 heavy (non-hydrogen) atoms. The molecule has 0 aliphatic heterocycles. The van der Waals surface area contributed by atoms with Crippen LogP contribution in [0.25, 0.3) is 0 Å². The molecular formula is C17H19NOS2. The molecule has 0 aromatic heterocycles. The number of anilines is 1. The van der Waals surface area contributed by atoms with Gasteiger partial charge in [0.05, 0.1) is 0 Å². The Morgan fingerprint density at radius 1 is 0.952 bits per heavy atom. The Bertz CT molecular complexity index is 591. The van der Waals surface area contributed by atoms with Crippen molar-refractivity contribution in [3.8, 4) is 0 Å². The molecule has 0 saturated carbocycles. The lowest BCUT2D eigenvalue weighted by atomic mass is 10.2. The molecule has 0 heterocycles. The number of benzene rings is 2. The molecule has 0 bridgehead atoms. The highest BCUT2D eigenvalue weighted by Crippen LogP contribution is 2.23. The summed E-state index contributed by atoms with van der Waals surface area (Å²) in [6, 6.07) is 15.6. The van der Waals surface area contributed by atoms with Crippen LogP contribution in [0.5, 0.6) is 0 Å². The number of amides is 1. The van der Waals surface area contributed by atoms with E-state index in [-0.39, 0.29) is 5.91 Å². The van der Waals surface area contributed by atoms with E-state index in [4.69, 9.17) is 0 Å². The Labute approximate surface area is 134 Å². The van der Waals surface area contributed by atoms with Crippen molar-refractivity contribution in [3.05, 3.63) is 54.1 Å². The fourth-order valence-corrected chi connectivity index (χ4v) is 3.08. The standard InChI is InChI=1S/C17H19NOS2/c1-12(2)21-16-8-4-13(5-9-16)17(19)18-14-6-10-15(20-3)11-7-14/h4-12H,1-3H3,(H,18,19). The first kappa shape index (κ1) is 16.0. The van der Waals surface area contributed by atoms with Gasteiger partial charge in [-0.2, -0.15) is 0 Å². The number of thioether (sulfide) groups is 2. The van der Waals surface area contributed by atoms with Crippen molar-refractivity contribution in [2.24, 2.45) is 0 Å². The van der Waals surface area contributed by atoms with Crippen molar-refractivity contribution >= 4 is 35.1 Å². The summed E-state index contributed by atoms with van der Waals surface area (Å²) in [5, 5.41) is 3.46. The molecule has 0 saturated heterocycles. The topological polar surface area (TPSA) is 29.1 Å². The SMILES string of the molecule is CSc1ccc(NC(=O)c2ccc(SC(C)C)cc2)cc1. The van der Waals surface area contributed by atoms with Gasteiger partial charge >= 0.3 is 0 Å². The van der Waals surface area contributed by atoms with E-state index in [0.717, 1.165) is 5.69 Å². The molecule has 110 valence electrons. The Morgan fingerprint density at radius 2 is 1.52 bits per heavy atom. The molecule has 2 rings (SSSR count). The molecule has 4 heteroatoms. The van der Waals surface area contributed by atoms with Crippen LogP contribution in [0.2, 0.25) is 0 Å². The van der Waals surface area contributed by atoms with Gasteiger partial charge in [-0.1, -0.05) is 13.8 Å². The van der Waals surface area contributed by atoms with Gasteiger partial charge in [0, 0.05) is 26.3 Å². The van der Waals surface area contributed by atoms with Crippen molar-refractivity contribution in [3.63, 3.8) is 0 Å². The molecule has 0 atom stereocenters. The number of nitrogens with one attached hydrogen (secondary N) is 1. The van der Waals surface area contributed by atoms with Crippen LogP contribution in [-0.4, -0.2) is 17.4 Å². The van der Waals surface area contributed by atoms with E-state index in [2.05, 4.69) is 19.2 Å². The summed E-state index contributed by atoms with van der Waals surface area (Å²) in [6.07, 6.45) is 2.03. The lowest BCUT2D eigenvalue weighted by Gasteiger charge is -2.08. The second-order valence-corrected chi connectivity index (χ2v) is 7.40. The summed E-state index contributed by atoms with van der Waals surface area (Å²) in [5.41, 5.74) is 1.50. The average molecular weight is 317 g/mol. The van der Waals surface area contributed by atoms with Crippen LogP contribution in [0, 0.1) is 0 Å². The minimum Gasteiger partial charge on any atom is -0.322 e. The molecule has 0 radical (unpaired) electrons. The lowest BCUT2D eigenvalue weighted by molar-refractivity contribution is 0.102. The Morgan fingerprint density at radius 3 is 2.05 bits per heavy atom. The molecule has 1 N–H and O–H groups in total. The van der Waals surface area contributed by atoms with Crippen molar-refractivity contribution in [1.29, 1.82) is 0 Å². The van der Waals surface area contributed by atoms with E-state index in [0.29, 0.717) is 10.8 Å². The van der Waals surface area contributed by atoms with Gasteiger partial charge in [0.15, 0.2) is 0 Å². The first-order chi connectivity index (χ1) is 10.1. The zero-order valence-electron chi connectivity index (χ0n) is 12.4. The van der Waals surface area contributed by atoms with Gasteiger partial charge < -0.3 is 5.32 Å². The summed E-state index contributed by atoms with van der Waals surface area (Å²) in [4.78, 5) is 14.5. The maximum absolute atomic E-state index is 12.2. The van der Waals surface area contributed by atoms with Crippen LogP contribution in [0.4, 0.5) is 5.69 Å². The highest BCUT2D eigenvalue weighted by atomic mass is 32.2. The van der Waals surface area contributed by atoms with E-state index in [1.807, 2.05) is 54.8 Å². The number of carbonyl (C=O) groups is 1. The zero-order valence-corrected chi connectivity index (χ0v) is 14.1. The third-order valence-electron chi connectivity index (χ3n) is 2.84. The molecule has 0 fully saturated rings. The van der Waals surface area contributed by atoms with Crippen LogP contribution in [0.3, 0.4) is 0 Å². The van der Waals surface area contributed by atoms with Crippen LogP contribution in [0.1, 0.15) is 24.2 Å². The molecule has 2 aromatic rings. The molecule has 0 aliphatic rings. The first-order valence-electron chi connectivity index (χ1n) is 6.80. The summed E-state index contributed by atoms with van der Waals surface area (Å²) in [5.74, 6) is -0.0759. The van der Waals surface area contributed by atoms with Gasteiger partial charge in [-0.25, -0.2) is 0 Å². The maximum Gasteiger partial charge on any atom is 0.255 e. The molecule has 0 aliphatic carbocycles. The van der Waals surface area contributed by atoms with Gasteiger partial charge in [-0.3, -0.25) is 4.79 Å². The van der Waals surface area contributed by atoms with Crippen molar-refractivity contribution in [1.82, 2.24) is 0 Å². The van der Waals surface area contributed by atoms with E-state index >= 15 is 0 Å². The van der Waals surface area contributed by atoms with Crippen LogP contribution >= 0.6 is 23.5 Å². The fraction of sp³-hybridized carbons (Fsp3) is 0.235. The van der Waals surface area contributed by atoms with Crippen LogP contribution in [-0.2, 0) is 0 Å². The lowest BCUT2D eigenvalue weighted by Crippen LogP contribution is -2.11. The average Bonchev–Trinajstić information content (AvgIpc) is 2.48. The van der Waals surface area contributed by atoms with Crippen molar-refractivity contribution < 1.29 is 4.79 Å². The Balaban J connectivity index is 2.02. The maximum atomic E-state index is 12.2. The van der Waals surface area contributed by atoms with Gasteiger partial charge in [-0.15, -0.1) is 23.5 Å². The quantitative estimate of drug-likeness (QED) is 0.772. The van der Waals surface area contributed by atoms with Crippen molar-refractivity contribution in [2.45, 2.75) is 28.9 Å². The molecule has 2 aromatic carbocycles. The third-order valence-corrected chi connectivity index (χ3v) is 4.60. The Kier molecular flexibility index (Phi) is 5.76. The highest BCUT2D eigenvalue weighted by Gasteiger charge is 2.06. The first-order valence-corrected chi connectivity index (χ1v) is 8.91. The van der Waals surface area contributed by atoms with Gasteiger partial charge in [0.1, 0.15) is 0 Å².